The summed E-state index contributed by atoms with van der Waals surface area (Å²) in [6.07, 6.45) is 1.61. The number of hydrogen-bond donors (Lipinski definition) is 2. The molecule has 0 atom stereocenters. The highest BCUT2D eigenvalue weighted by atomic mass is 32.1. The zero-order chi connectivity index (χ0) is 9.14. The Morgan fingerprint density at radius 2 is 2.42 bits per heavy atom. The van der Waals surface area contributed by atoms with Gasteiger partial charge in [-0.25, -0.2) is 0 Å². The van der Waals surface area contributed by atoms with Crippen molar-refractivity contribution in [3.63, 3.8) is 0 Å². The first-order valence-corrected chi connectivity index (χ1v) is 4.13. The Kier molecular flexibility index (Phi) is 2.88. The number of nitrogens with two attached hydrogens (primary N) is 1. The fourth-order valence-corrected chi connectivity index (χ4v) is 1.11. The first kappa shape index (κ1) is 9.28. The van der Waals surface area contributed by atoms with Crippen LogP contribution in [0.1, 0.15) is 0 Å². The molecule has 0 spiro atoms. The van der Waals surface area contributed by atoms with Gasteiger partial charge in [-0.3, -0.25) is 4.79 Å². The fourth-order valence-electron chi connectivity index (χ4n) is 0.796. The quantitative estimate of drug-likeness (QED) is 0.537. The molecule has 0 fully saturated rings. The van der Waals surface area contributed by atoms with E-state index in [4.69, 9.17) is 5.73 Å². The third-order valence-electron chi connectivity index (χ3n) is 1.31. The molecule has 1 heterocycles. The largest absolute Gasteiger partial charge is 0.392 e. The second-order valence-electron chi connectivity index (χ2n) is 2.32. The van der Waals surface area contributed by atoms with Gasteiger partial charge >= 0.3 is 0 Å². The van der Waals surface area contributed by atoms with E-state index in [-0.39, 0.29) is 12.1 Å². The van der Waals surface area contributed by atoms with Crippen LogP contribution in [0.5, 0.6) is 0 Å². The van der Waals surface area contributed by atoms with Gasteiger partial charge in [0, 0.05) is 17.2 Å². The van der Waals surface area contributed by atoms with Crippen LogP contribution in [-0.4, -0.2) is 9.56 Å². The highest BCUT2D eigenvalue weighted by molar-refractivity contribution is 7.80. The van der Waals surface area contributed by atoms with Crippen LogP contribution in [0, 0.1) is 0 Å². The van der Waals surface area contributed by atoms with Crippen molar-refractivity contribution in [3.05, 3.63) is 28.7 Å². The van der Waals surface area contributed by atoms with Crippen LogP contribution in [0.4, 0.5) is 0 Å². The van der Waals surface area contributed by atoms with Crippen LogP contribution in [0.25, 0.3) is 0 Å². The Morgan fingerprint density at radius 1 is 1.75 bits per heavy atom. The molecule has 1 rings (SSSR count). The minimum atomic E-state index is -0.143. The number of thiol groups is 1. The summed E-state index contributed by atoms with van der Waals surface area (Å²) in [7, 11) is 0. The Balaban J connectivity index is 3.02. The molecule has 0 bridgehead atoms. The molecule has 0 amide bonds. The molecule has 0 aromatic carbocycles. The van der Waals surface area contributed by atoms with Gasteiger partial charge in [0.15, 0.2) is 0 Å². The second kappa shape index (κ2) is 3.73. The van der Waals surface area contributed by atoms with Gasteiger partial charge in [-0.15, -0.1) is 12.6 Å². The molecule has 12 heavy (non-hydrogen) atoms. The Morgan fingerprint density at radius 3 is 2.92 bits per heavy atom. The van der Waals surface area contributed by atoms with E-state index in [0.29, 0.717) is 9.88 Å². The summed E-state index contributed by atoms with van der Waals surface area (Å²) in [5.74, 6) is 0. The summed E-state index contributed by atoms with van der Waals surface area (Å²) < 4.78 is 1.43. The van der Waals surface area contributed by atoms with Gasteiger partial charge in [0.05, 0.1) is 11.5 Å². The number of aromatic nitrogens is 1. The average Bonchev–Trinajstić information content (AvgIpc) is 1.94. The van der Waals surface area contributed by atoms with Crippen molar-refractivity contribution in [1.82, 2.24) is 4.57 Å². The topological polar surface area (TPSA) is 48.0 Å². The van der Waals surface area contributed by atoms with E-state index in [1.165, 1.54) is 10.6 Å². The molecule has 1 aromatic rings. The van der Waals surface area contributed by atoms with Gasteiger partial charge < -0.3 is 10.3 Å². The molecule has 5 heteroatoms. The van der Waals surface area contributed by atoms with E-state index in [1.54, 1.807) is 12.3 Å². The van der Waals surface area contributed by atoms with Crippen LogP contribution >= 0.6 is 24.8 Å². The maximum atomic E-state index is 11.2. The van der Waals surface area contributed by atoms with E-state index in [1.807, 2.05) is 0 Å². The van der Waals surface area contributed by atoms with Crippen LogP contribution in [0.3, 0.4) is 0 Å². The zero-order valence-corrected chi connectivity index (χ0v) is 7.94. The molecule has 64 valence electrons. The third-order valence-corrected chi connectivity index (χ3v) is 1.71. The van der Waals surface area contributed by atoms with Gasteiger partial charge in [-0.2, -0.15) is 0 Å². The smallest absolute Gasteiger partial charge is 0.252 e. The number of hydrogen-bond acceptors (Lipinski definition) is 3. The zero-order valence-electron chi connectivity index (χ0n) is 6.23. The standard InChI is InChI=1S/C7H8N2OS2/c8-6(12)4-9-2-1-5(11)3-7(9)10/h1-3,11H,4H2,(H2,8,12). The molecule has 2 N–H and O–H groups in total. The maximum Gasteiger partial charge on any atom is 0.252 e. The lowest BCUT2D eigenvalue weighted by molar-refractivity contribution is 0.800. The number of rotatable bonds is 2. The van der Waals surface area contributed by atoms with Crippen molar-refractivity contribution in [2.24, 2.45) is 5.73 Å². The first-order chi connectivity index (χ1) is 5.59. The Labute approximate surface area is 80.6 Å². The molecular weight excluding hydrogens is 192 g/mol. The maximum absolute atomic E-state index is 11.2. The summed E-state index contributed by atoms with van der Waals surface area (Å²) in [5.41, 5.74) is 5.14. The van der Waals surface area contributed by atoms with E-state index >= 15 is 0 Å². The van der Waals surface area contributed by atoms with Crippen LogP contribution < -0.4 is 11.3 Å². The van der Waals surface area contributed by atoms with Crippen LogP contribution in [0.15, 0.2) is 28.0 Å². The lowest BCUT2D eigenvalue weighted by Gasteiger charge is -2.02. The summed E-state index contributed by atoms with van der Waals surface area (Å²) in [6.45, 7) is 0.280. The SMILES string of the molecule is NC(=S)Cn1ccc(S)cc1=O. The highest BCUT2D eigenvalue weighted by Crippen LogP contribution is 1.98. The summed E-state index contributed by atoms with van der Waals surface area (Å²) in [5, 5.41) is 0. The van der Waals surface area contributed by atoms with Crippen LogP contribution in [0.2, 0.25) is 0 Å². The lowest BCUT2D eigenvalue weighted by Crippen LogP contribution is -2.25. The number of pyridine rings is 1. The molecule has 0 unspecified atom stereocenters. The van der Waals surface area contributed by atoms with Gasteiger partial charge in [0.1, 0.15) is 0 Å². The number of thiocarbonyl (C=S) groups is 1. The predicted octanol–water partition coefficient (Wildman–Crippen LogP) is 0.423. The lowest BCUT2D eigenvalue weighted by atomic mass is 10.4. The molecular formula is C7H8N2OS2. The van der Waals surface area contributed by atoms with Crippen molar-refractivity contribution in [1.29, 1.82) is 0 Å². The summed E-state index contributed by atoms with van der Waals surface area (Å²) >= 11 is 8.68. The minimum absolute atomic E-state index is 0.143. The molecule has 0 saturated carbocycles. The normalized spacial score (nSPS) is 9.75. The van der Waals surface area contributed by atoms with Gasteiger partial charge in [-0.05, 0) is 6.07 Å². The molecule has 3 nitrogen and oxygen atoms in total. The summed E-state index contributed by atoms with van der Waals surface area (Å²) in [6, 6.07) is 3.13. The third kappa shape index (κ3) is 2.35. The minimum Gasteiger partial charge on any atom is -0.392 e. The van der Waals surface area contributed by atoms with E-state index in [9.17, 15) is 4.79 Å². The van der Waals surface area contributed by atoms with Crippen molar-refractivity contribution in [3.8, 4) is 0 Å². The van der Waals surface area contributed by atoms with E-state index in [0.717, 1.165) is 0 Å². The fraction of sp³-hybridized carbons (Fsp3) is 0.143. The monoisotopic (exact) mass is 200 g/mol. The number of nitrogens with zero attached hydrogens (tertiary/aromatic N) is 1. The predicted molar refractivity (Wildman–Crippen MR) is 54.7 cm³/mol. The first-order valence-electron chi connectivity index (χ1n) is 3.27. The molecule has 0 radical (unpaired) electrons. The average molecular weight is 200 g/mol. The molecule has 0 aliphatic carbocycles. The van der Waals surface area contributed by atoms with Gasteiger partial charge in [-0.1, -0.05) is 12.2 Å². The van der Waals surface area contributed by atoms with Crippen molar-refractivity contribution in [2.75, 3.05) is 0 Å². The van der Waals surface area contributed by atoms with Crippen LogP contribution in [-0.2, 0) is 6.54 Å². The molecule has 0 aliphatic rings. The van der Waals surface area contributed by atoms with Gasteiger partial charge in [0.25, 0.3) is 5.56 Å². The van der Waals surface area contributed by atoms with E-state index < -0.39 is 0 Å². The van der Waals surface area contributed by atoms with Crippen molar-refractivity contribution >= 4 is 29.8 Å². The van der Waals surface area contributed by atoms with Crippen molar-refractivity contribution in [2.45, 2.75) is 11.4 Å². The van der Waals surface area contributed by atoms with E-state index in [2.05, 4.69) is 24.8 Å². The summed E-state index contributed by atoms with van der Waals surface area (Å²) in [4.78, 5) is 12.1. The van der Waals surface area contributed by atoms with Gasteiger partial charge in [0.2, 0.25) is 0 Å². The molecule has 0 saturated heterocycles. The highest BCUT2D eigenvalue weighted by Gasteiger charge is 1.96. The Bertz CT molecular complexity index is 359. The molecule has 0 aliphatic heterocycles. The Hall–Kier alpha value is -0.810. The van der Waals surface area contributed by atoms with Crippen molar-refractivity contribution < 1.29 is 0 Å². The second-order valence-corrected chi connectivity index (χ2v) is 3.36. The molecule has 1 aromatic heterocycles.